The van der Waals surface area contributed by atoms with Gasteiger partial charge in [0.2, 0.25) is 0 Å². The summed E-state index contributed by atoms with van der Waals surface area (Å²) in [6, 6.07) is 8.34. The van der Waals surface area contributed by atoms with Crippen LogP contribution in [0.15, 0.2) is 49.1 Å². The lowest BCUT2D eigenvalue weighted by Gasteiger charge is -2.12. The van der Waals surface area contributed by atoms with Gasteiger partial charge in [-0.2, -0.15) is 0 Å². The summed E-state index contributed by atoms with van der Waals surface area (Å²) in [5, 5.41) is 3.72. The van der Waals surface area contributed by atoms with E-state index in [1.54, 1.807) is 48.9 Å². The summed E-state index contributed by atoms with van der Waals surface area (Å²) < 4.78 is 29.0. The summed E-state index contributed by atoms with van der Waals surface area (Å²) >= 11 is 6.29. The van der Waals surface area contributed by atoms with Gasteiger partial charge >= 0.3 is 6.01 Å². The van der Waals surface area contributed by atoms with Crippen molar-refractivity contribution < 1.29 is 13.9 Å². The monoisotopic (exact) mass is 795 g/mol. The topological polar surface area (TPSA) is 114 Å². The first-order chi connectivity index (χ1) is 19.4. The van der Waals surface area contributed by atoms with E-state index in [-0.39, 0.29) is 14.2 Å². The van der Waals surface area contributed by atoms with Gasteiger partial charge in [0.1, 0.15) is 35.8 Å². The molecule has 0 fully saturated rings. The summed E-state index contributed by atoms with van der Waals surface area (Å²) in [4.78, 5) is 21.6. The normalized spacial score (nSPS) is 12.2. The van der Waals surface area contributed by atoms with Gasteiger partial charge in [-0.15, -0.1) is 0 Å². The van der Waals surface area contributed by atoms with Crippen LogP contribution in [-0.4, -0.2) is 36.1 Å². The molecule has 1 aromatic carbocycles. The van der Waals surface area contributed by atoms with Crippen LogP contribution in [0.25, 0.3) is 33.4 Å². The molecule has 4 aromatic heterocycles. The van der Waals surface area contributed by atoms with Crippen LogP contribution < -0.4 is 15.2 Å². The Morgan fingerprint density at radius 1 is 1.18 bits per heavy atom. The number of hydrogen-bond acceptors (Lipinski definition) is 9. The Kier molecular flexibility index (Phi) is 7.93. The van der Waals surface area contributed by atoms with Crippen molar-refractivity contribution in [1.82, 2.24) is 29.5 Å². The molecule has 0 amide bonds. The minimum absolute atomic E-state index is 0.00124. The molecule has 0 spiro atoms. The Balaban J connectivity index is 1.50. The number of aryl methyl sites for hydroxylation is 1. The Morgan fingerprint density at radius 2 is 2.05 bits per heavy atom. The summed E-state index contributed by atoms with van der Waals surface area (Å²) in [5.74, 6) is 3.43. The Bertz CT molecular complexity index is 1840. The Labute approximate surface area is 259 Å². The number of anilines is 1. The molecule has 6 rings (SSSR count). The van der Waals surface area contributed by atoms with Gasteiger partial charge in [0.15, 0.2) is 11.6 Å². The second-order valence-corrected chi connectivity index (χ2v) is 26.2. The third-order valence-electron chi connectivity index (χ3n) is 6.05. The molecule has 0 bridgehead atoms. The zero-order valence-corrected chi connectivity index (χ0v) is 26.6. The molecule has 1 aliphatic rings. The van der Waals surface area contributed by atoms with Crippen molar-refractivity contribution in [3.63, 3.8) is 0 Å². The number of ether oxygens (including phenoxy) is 2. The third kappa shape index (κ3) is 5.41. The van der Waals surface area contributed by atoms with Crippen molar-refractivity contribution in [2.75, 3.05) is 12.3 Å². The lowest BCUT2D eigenvalue weighted by molar-refractivity contribution is 0.308. The molecule has 200 valence electrons. The van der Waals surface area contributed by atoms with Crippen LogP contribution in [0.1, 0.15) is 11.4 Å². The van der Waals surface area contributed by atoms with E-state index in [2.05, 4.69) is 80.2 Å². The number of fused-ring (bicyclic) bond motifs is 5. The highest BCUT2D eigenvalue weighted by atomic mass is 127. The predicted molar refractivity (Wildman–Crippen MR) is 172 cm³/mol. The number of rotatable bonds is 4. The number of benzene rings is 1. The molecular weight excluding hydrogens is 778 g/mol. The van der Waals surface area contributed by atoms with Crippen molar-refractivity contribution in [1.29, 1.82) is 0 Å². The number of aromatic nitrogens is 6. The molecule has 0 saturated carbocycles. The zero-order chi connectivity index (χ0) is 27.8. The van der Waals surface area contributed by atoms with Crippen LogP contribution in [0.2, 0.25) is 0 Å². The maximum atomic E-state index is 15.5. The van der Waals surface area contributed by atoms with Gasteiger partial charge < -0.3 is 19.8 Å². The zero-order valence-electron chi connectivity index (χ0n) is 20.6. The van der Waals surface area contributed by atoms with Crippen molar-refractivity contribution in [2.24, 2.45) is 0 Å². The van der Waals surface area contributed by atoms with E-state index >= 15 is 4.39 Å². The summed E-state index contributed by atoms with van der Waals surface area (Å²) in [6.45, 7) is 2.69. The molecule has 14 heteroatoms. The van der Waals surface area contributed by atoms with Gasteiger partial charge in [0.25, 0.3) is 0 Å². The van der Waals surface area contributed by atoms with Crippen LogP contribution >= 0.6 is 57.9 Å². The molecule has 5 aromatic rings. The first-order valence-electron chi connectivity index (χ1n) is 11.7. The second-order valence-electron chi connectivity index (χ2n) is 8.50. The summed E-state index contributed by atoms with van der Waals surface area (Å²) in [6.07, 6.45) is 4.71. The van der Waals surface area contributed by atoms with E-state index in [4.69, 9.17) is 15.2 Å². The molecule has 0 saturated heterocycles. The van der Waals surface area contributed by atoms with Gasteiger partial charge in [0, 0.05) is 29.7 Å². The molecule has 40 heavy (non-hydrogen) atoms. The lowest BCUT2D eigenvalue weighted by Crippen LogP contribution is -2.06. The van der Waals surface area contributed by atoms with Crippen molar-refractivity contribution in [3.8, 4) is 51.1 Å². The average molecular weight is 795 g/mol. The standard InChI is InChI=1S/C26H17FI2N7O2PS/c1-14-4-6-31-26(35-14)38-19-3-2-15(10-18(19)27)21-22-24(30)33-13-34-25(22)36-7-8-37-20-11-16(5-9-40-39(28)29)32-12-17(20)23(21)36/h2-4,6,10-13H,7-8H2,1H3,(H2,30,33,34). The van der Waals surface area contributed by atoms with E-state index in [1.165, 1.54) is 12.4 Å². The molecule has 5 heterocycles. The van der Waals surface area contributed by atoms with E-state index in [0.717, 1.165) is 11.3 Å². The number of pyridine rings is 1. The smallest absolute Gasteiger partial charge is 0.322 e. The maximum Gasteiger partial charge on any atom is 0.322 e. The summed E-state index contributed by atoms with van der Waals surface area (Å²) in [7, 11) is 0. The first kappa shape index (κ1) is 27.4. The van der Waals surface area contributed by atoms with Crippen LogP contribution in [0.3, 0.4) is 0 Å². The molecule has 2 N–H and O–H groups in total. The van der Waals surface area contributed by atoms with Crippen molar-refractivity contribution in [3.05, 3.63) is 66.3 Å². The average Bonchev–Trinajstić information content (AvgIpc) is 3.13. The predicted octanol–water partition coefficient (Wildman–Crippen LogP) is 7.30. The van der Waals surface area contributed by atoms with Crippen molar-refractivity contribution in [2.45, 2.75) is 13.5 Å². The van der Waals surface area contributed by atoms with Crippen LogP contribution in [-0.2, 0) is 6.54 Å². The van der Waals surface area contributed by atoms with Crippen molar-refractivity contribution >= 4 is 74.7 Å². The summed E-state index contributed by atoms with van der Waals surface area (Å²) in [5.41, 5.74) is 11.1. The quantitative estimate of drug-likeness (QED) is 0.114. The fourth-order valence-corrected chi connectivity index (χ4v) is 6.78. The van der Waals surface area contributed by atoms with E-state index in [1.807, 2.05) is 10.6 Å². The SMILES string of the molecule is Cc1ccnc(Oc2ccc(-c3c4n(c5ncnc(N)c35)CCOc3cc(C#CSP(I)I)ncc3-4)cc2F)n1. The largest absolute Gasteiger partial charge is 0.491 e. The molecule has 0 aliphatic carbocycles. The molecule has 0 atom stereocenters. The Morgan fingerprint density at radius 3 is 2.85 bits per heavy atom. The van der Waals surface area contributed by atoms with Gasteiger partial charge in [-0.3, -0.25) is 0 Å². The Hall–Kier alpha value is -2.80. The highest BCUT2D eigenvalue weighted by Gasteiger charge is 2.28. The van der Waals surface area contributed by atoms with Gasteiger partial charge in [0.05, 0.1) is 25.6 Å². The highest BCUT2D eigenvalue weighted by molar-refractivity contribution is 14.3. The number of nitrogens with zero attached hydrogens (tertiary/aromatic N) is 6. The number of hydrogen-bond donors (Lipinski definition) is 1. The van der Waals surface area contributed by atoms with Gasteiger partial charge in [-0.05, 0) is 97.3 Å². The van der Waals surface area contributed by atoms with Crippen LogP contribution in [0, 0.1) is 23.9 Å². The number of halogens is 3. The molecular formula is C26H17FI2N7O2PS. The fourth-order valence-electron chi connectivity index (χ4n) is 4.44. The lowest BCUT2D eigenvalue weighted by atomic mass is 9.98. The molecule has 0 radical (unpaired) electrons. The van der Waals surface area contributed by atoms with Gasteiger partial charge in [-0.1, -0.05) is 6.07 Å². The van der Waals surface area contributed by atoms with E-state index < -0.39 is 5.82 Å². The molecule has 1 aliphatic heterocycles. The fraction of sp³-hybridized carbons (Fsp3) is 0.115. The highest BCUT2D eigenvalue weighted by Crippen LogP contribution is 2.64. The maximum absolute atomic E-state index is 15.5. The van der Waals surface area contributed by atoms with Crippen LogP contribution in [0.4, 0.5) is 10.2 Å². The number of nitrogen functional groups attached to an aromatic ring is 1. The van der Waals surface area contributed by atoms with Crippen LogP contribution in [0.5, 0.6) is 17.5 Å². The number of nitrogens with two attached hydrogens (primary N) is 1. The minimum atomic E-state index is -0.581. The third-order valence-corrected chi connectivity index (χ3v) is 10.6. The minimum Gasteiger partial charge on any atom is -0.491 e. The first-order valence-corrected chi connectivity index (χ1v) is 20.1. The van der Waals surface area contributed by atoms with E-state index in [0.29, 0.717) is 58.3 Å². The van der Waals surface area contributed by atoms with E-state index in [9.17, 15) is 0 Å². The van der Waals surface area contributed by atoms with Gasteiger partial charge in [-0.25, -0.2) is 29.3 Å². The second kappa shape index (κ2) is 11.6. The molecule has 9 nitrogen and oxygen atoms in total. The molecule has 0 unspecified atom stereocenters.